The number of guanidine groups is 1. The lowest BCUT2D eigenvalue weighted by molar-refractivity contribution is -0.122. The monoisotopic (exact) mass is 543 g/mol. The van der Waals surface area contributed by atoms with Gasteiger partial charge in [-0.25, -0.2) is 9.98 Å². The minimum atomic E-state index is 0. The molecule has 0 radical (unpaired) electrons. The van der Waals surface area contributed by atoms with Gasteiger partial charge in [-0.3, -0.25) is 9.69 Å². The molecule has 2 aromatic heterocycles. The van der Waals surface area contributed by atoms with E-state index in [-0.39, 0.29) is 29.9 Å². The molecule has 0 aliphatic carbocycles. The van der Waals surface area contributed by atoms with Gasteiger partial charge < -0.3 is 24.7 Å². The number of ether oxygens (including phenoxy) is 1. The van der Waals surface area contributed by atoms with Crippen LogP contribution in [0.1, 0.15) is 18.3 Å². The van der Waals surface area contributed by atoms with E-state index in [1.54, 1.807) is 7.11 Å². The van der Waals surface area contributed by atoms with Crippen molar-refractivity contribution < 1.29 is 9.53 Å². The fourth-order valence-electron chi connectivity index (χ4n) is 3.53. The van der Waals surface area contributed by atoms with Crippen LogP contribution in [0.25, 0.3) is 5.65 Å². The molecule has 0 saturated carbocycles. The molecule has 0 unspecified atom stereocenters. The largest absolute Gasteiger partial charge is 0.383 e. The van der Waals surface area contributed by atoms with Crippen molar-refractivity contribution in [2.45, 2.75) is 20.4 Å². The van der Waals surface area contributed by atoms with E-state index in [0.717, 1.165) is 55.7 Å². The number of aryl methyl sites for hydroxylation is 1. The van der Waals surface area contributed by atoms with Crippen molar-refractivity contribution in [3.8, 4) is 0 Å². The summed E-state index contributed by atoms with van der Waals surface area (Å²) in [5, 5.41) is 6.26. The maximum absolute atomic E-state index is 12.0. The summed E-state index contributed by atoms with van der Waals surface area (Å²) in [6.07, 6.45) is 2.05. The molecular weight excluding hydrogens is 509 g/mol. The van der Waals surface area contributed by atoms with Crippen LogP contribution in [0.3, 0.4) is 0 Å². The number of rotatable bonds is 8. The number of halogens is 1. The highest BCUT2D eigenvalue weighted by atomic mass is 127. The third kappa shape index (κ3) is 7.32. The van der Waals surface area contributed by atoms with E-state index in [1.807, 2.05) is 12.1 Å². The Morgan fingerprint density at radius 3 is 2.68 bits per heavy atom. The molecule has 2 aromatic rings. The van der Waals surface area contributed by atoms with Gasteiger partial charge in [0.2, 0.25) is 5.91 Å². The summed E-state index contributed by atoms with van der Waals surface area (Å²) < 4.78 is 7.05. The summed E-state index contributed by atoms with van der Waals surface area (Å²) in [7, 11) is 1.63. The van der Waals surface area contributed by atoms with Crippen LogP contribution in [0.4, 0.5) is 0 Å². The zero-order chi connectivity index (χ0) is 21.3. The summed E-state index contributed by atoms with van der Waals surface area (Å²) in [5.74, 6) is 0.943. The zero-order valence-corrected chi connectivity index (χ0v) is 21.0. The molecule has 9 nitrogen and oxygen atoms in total. The van der Waals surface area contributed by atoms with Crippen molar-refractivity contribution in [1.82, 2.24) is 29.8 Å². The van der Waals surface area contributed by atoms with Gasteiger partial charge in [0.05, 0.1) is 25.4 Å². The lowest BCUT2D eigenvalue weighted by Gasteiger charge is -2.36. The zero-order valence-electron chi connectivity index (χ0n) is 18.6. The number of nitrogens with one attached hydrogen (secondary N) is 2. The highest BCUT2D eigenvalue weighted by Gasteiger charge is 2.21. The molecule has 1 saturated heterocycles. The predicted octanol–water partition coefficient (Wildman–Crippen LogP) is 1.11. The standard InChI is InChI=1S/C21H33N7O2.HI/c1-4-22-21(24-14-18-15-28-17(2)6-5-7-19(28)25-18)27-11-9-26(10-12-27)16-20(29)23-8-13-30-3;/h5-7,15H,4,8-14,16H2,1-3H3,(H,22,24)(H,23,29);1H. The van der Waals surface area contributed by atoms with E-state index in [1.165, 1.54) is 0 Å². The summed E-state index contributed by atoms with van der Waals surface area (Å²) in [6.45, 7) is 10.3. The number of fused-ring (bicyclic) bond motifs is 1. The van der Waals surface area contributed by atoms with Gasteiger partial charge in [-0.05, 0) is 26.0 Å². The number of piperazine rings is 1. The van der Waals surface area contributed by atoms with Gasteiger partial charge >= 0.3 is 0 Å². The first-order chi connectivity index (χ1) is 14.6. The van der Waals surface area contributed by atoms with Gasteiger partial charge in [0.1, 0.15) is 5.65 Å². The van der Waals surface area contributed by atoms with Gasteiger partial charge in [-0.15, -0.1) is 24.0 Å². The Morgan fingerprint density at radius 1 is 1.23 bits per heavy atom. The molecule has 1 amide bonds. The van der Waals surface area contributed by atoms with Gasteiger partial charge in [-0.1, -0.05) is 6.07 Å². The van der Waals surface area contributed by atoms with Crippen LogP contribution in [-0.2, 0) is 16.1 Å². The van der Waals surface area contributed by atoms with Gasteiger partial charge in [0, 0.05) is 58.3 Å². The molecule has 1 fully saturated rings. The van der Waals surface area contributed by atoms with Crippen molar-refractivity contribution in [2.24, 2.45) is 4.99 Å². The first-order valence-electron chi connectivity index (χ1n) is 10.6. The smallest absolute Gasteiger partial charge is 0.234 e. The van der Waals surface area contributed by atoms with Crippen molar-refractivity contribution in [3.05, 3.63) is 35.8 Å². The van der Waals surface area contributed by atoms with Gasteiger partial charge in [0.15, 0.2) is 5.96 Å². The van der Waals surface area contributed by atoms with E-state index in [0.29, 0.717) is 26.2 Å². The molecule has 1 aliphatic rings. The van der Waals surface area contributed by atoms with Crippen molar-refractivity contribution in [1.29, 1.82) is 0 Å². The third-order valence-corrected chi connectivity index (χ3v) is 5.14. The number of aliphatic imine (C=N–C) groups is 1. The fourth-order valence-corrected chi connectivity index (χ4v) is 3.53. The molecule has 3 rings (SSSR count). The maximum Gasteiger partial charge on any atom is 0.234 e. The minimum absolute atomic E-state index is 0. The second kappa shape index (κ2) is 12.8. The van der Waals surface area contributed by atoms with E-state index in [9.17, 15) is 4.79 Å². The molecule has 172 valence electrons. The quantitative estimate of drug-likeness (QED) is 0.225. The molecule has 2 N–H and O–H groups in total. The topological polar surface area (TPSA) is 86.5 Å². The number of methoxy groups -OCH3 is 1. The second-order valence-corrected chi connectivity index (χ2v) is 7.40. The maximum atomic E-state index is 12.0. The van der Waals surface area contributed by atoms with Gasteiger partial charge in [-0.2, -0.15) is 0 Å². The van der Waals surface area contributed by atoms with Gasteiger partial charge in [0.25, 0.3) is 0 Å². The number of hydrogen-bond donors (Lipinski definition) is 2. The second-order valence-electron chi connectivity index (χ2n) is 7.40. The Kier molecular flexibility index (Phi) is 10.5. The molecule has 0 atom stereocenters. The number of amides is 1. The van der Waals surface area contributed by atoms with Crippen LogP contribution in [-0.4, -0.2) is 90.6 Å². The fraction of sp³-hybridized carbons (Fsp3) is 0.571. The Hall–Kier alpha value is -1.92. The first kappa shape index (κ1) is 25.3. The highest BCUT2D eigenvalue weighted by molar-refractivity contribution is 14.0. The first-order valence-corrected chi connectivity index (χ1v) is 10.6. The van der Waals surface area contributed by atoms with Crippen molar-refractivity contribution >= 4 is 41.5 Å². The molecule has 0 aromatic carbocycles. The van der Waals surface area contributed by atoms with Crippen LogP contribution < -0.4 is 10.6 Å². The number of aromatic nitrogens is 2. The number of nitrogens with zero attached hydrogens (tertiary/aromatic N) is 5. The number of carbonyl (C=O) groups excluding carboxylic acids is 1. The molecule has 31 heavy (non-hydrogen) atoms. The Bertz CT molecular complexity index is 863. The number of pyridine rings is 1. The number of carbonyl (C=O) groups is 1. The normalized spacial score (nSPS) is 15.1. The van der Waals surface area contributed by atoms with Crippen LogP contribution in [0, 0.1) is 6.92 Å². The molecule has 1 aliphatic heterocycles. The summed E-state index contributed by atoms with van der Waals surface area (Å²) in [4.78, 5) is 25.9. The SMILES string of the molecule is CCNC(=NCc1cn2c(C)cccc2n1)N1CCN(CC(=O)NCCOC)CC1.I. The van der Waals surface area contributed by atoms with E-state index < -0.39 is 0 Å². The molecule has 3 heterocycles. The molecule has 10 heteroatoms. The molecule has 0 bridgehead atoms. The summed E-state index contributed by atoms with van der Waals surface area (Å²) >= 11 is 0. The van der Waals surface area contributed by atoms with E-state index in [4.69, 9.17) is 9.73 Å². The highest BCUT2D eigenvalue weighted by Crippen LogP contribution is 2.10. The predicted molar refractivity (Wildman–Crippen MR) is 133 cm³/mol. The summed E-state index contributed by atoms with van der Waals surface area (Å²) in [5.41, 5.74) is 3.05. The lowest BCUT2D eigenvalue weighted by Crippen LogP contribution is -2.54. The number of hydrogen-bond acceptors (Lipinski definition) is 5. The Labute approximate surface area is 201 Å². The third-order valence-electron chi connectivity index (χ3n) is 5.14. The Morgan fingerprint density at radius 2 is 2.00 bits per heavy atom. The minimum Gasteiger partial charge on any atom is -0.383 e. The van der Waals surface area contributed by atoms with E-state index >= 15 is 0 Å². The molecule has 0 spiro atoms. The van der Waals surface area contributed by atoms with Crippen molar-refractivity contribution in [2.75, 3.05) is 59.5 Å². The lowest BCUT2D eigenvalue weighted by atomic mass is 10.3. The number of imidazole rings is 1. The van der Waals surface area contributed by atoms with E-state index in [2.05, 4.69) is 55.9 Å². The average molecular weight is 543 g/mol. The van der Waals surface area contributed by atoms with Crippen LogP contribution in [0.15, 0.2) is 29.4 Å². The summed E-state index contributed by atoms with van der Waals surface area (Å²) in [6, 6.07) is 6.10. The Balaban J connectivity index is 0.00000341. The molecular formula is C21H34IN7O2. The van der Waals surface area contributed by atoms with Crippen LogP contribution >= 0.6 is 24.0 Å². The van der Waals surface area contributed by atoms with Crippen LogP contribution in [0.2, 0.25) is 0 Å². The van der Waals surface area contributed by atoms with Crippen LogP contribution in [0.5, 0.6) is 0 Å². The van der Waals surface area contributed by atoms with Crippen molar-refractivity contribution in [3.63, 3.8) is 0 Å². The average Bonchev–Trinajstić information content (AvgIpc) is 3.16.